The van der Waals surface area contributed by atoms with Crippen molar-refractivity contribution in [2.45, 2.75) is 51.6 Å². The van der Waals surface area contributed by atoms with Crippen molar-refractivity contribution in [1.82, 2.24) is 14.7 Å². The van der Waals surface area contributed by atoms with E-state index in [2.05, 4.69) is 63.5 Å². The topological polar surface area (TPSA) is 9.72 Å². The van der Waals surface area contributed by atoms with Crippen molar-refractivity contribution in [3.05, 3.63) is 0 Å². The van der Waals surface area contributed by atoms with Gasteiger partial charge in [0, 0.05) is 30.7 Å². The van der Waals surface area contributed by atoms with Crippen molar-refractivity contribution in [1.29, 1.82) is 0 Å². The van der Waals surface area contributed by atoms with Gasteiger partial charge in [0.1, 0.15) is 0 Å². The molecule has 0 spiro atoms. The Bertz CT molecular complexity index is 258. The maximum Gasteiger partial charge on any atom is 0.0165 e. The van der Waals surface area contributed by atoms with Gasteiger partial charge in [-0.25, -0.2) is 0 Å². The van der Waals surface area contributed by atoms with E-state index in [0.29, 0.717) is 11.1 Å². The van der Waals surface area contributed by atoms with Gasteiger partial charge in [0.25, 0.3) is 0 Å². The van der Waals surface area contributed by atoms with E-state index in [9.17, 15) is 0 Å². The molecular formula is C15H33N3. The summed E-state index contributed by atoms with van der Waals surface area (Å²) >= 11 is 0. The molecule has 0 radical (unpaired) electrons. The predicted octanol–water partition coefficient (Wildman–Crippen LogP) is 2.13. The lowest BCUT2D eigenvalue weighted by Gasteiger charge is -2.49. The first-order valence-electron chi connectivity index (χ1n) is 7.26. The molecule has 0 saturated carbocycles. The number of likely N-dealkylation sites (N-methyl/N-ethyl adjacent to an activating group) is 1. The highest BCUT2D eigenvalue weighted by Crippen LogP contribution is 2.28. The monoisotopic (exact) mass is 255 g/mol. The minimum atomic E-state index is 0.296. The zero-order valence-corrected chi connectivity index (χ0v) is 13.6. The average molecular weight is 255 g/mol. The molecule has 1 saturated heterocycles. The maximum atomic E-state index is 2.60. The zero-order chi connectivity index (χ0) is 14.0. The summed E-state index contributed by atoms with van der Waals surface area (Å²) in [6, 6.07) is 0. The molecule has 1 rings (SSSR count). The van der Waals surface area contributed by atoms with Crippen molar-refractivity contribution in [3.63, 3.8) is 0 Å². The molecule has 0 bridgehead atoms. The van der Waals surface area contributed by atoms with Gasteiger partial charge in [0.15, 0.2) is 0 Å². The Balaban J connectivity index is 2.20. The molecule has 1 heterocycles. The largest absolute Gasteiger partial charge is 0.305 e. The second kappa shape index (κ2) is 5.89. The summed E-state index contributed by atoms with van der Waals surface area (Å²) in [6.45, 7) is 14.2. The molecule has 0 N–H and O–H groups in total. The summed E-state index contributed by atoms with van der Waals surface area (Å²) < 4.78 is 0. The third kappa shape index (κ3) is 4.22. The maximum absolute atomic E-state index is 2.60. The summed E-state index contributed by atoms with van der Waals surface area (Å²) in [6.07, 6.45) is 2.57. The highest BCUT2D eigenvalue weighted by atomic mass is 15.3. The second-order valence-electron chi connectivity index (χ2n) is 7.31. The number of rotatable bonds is 7. The fourth-order valence-electron chi connectivity index (χ4n) is 2.22. The molecular weight excluding hydrogens is 222 g/mol. The van der Waals surface area contributed by atoms with Crippen LogP contribution in [0.1, 0.15) is 40.5 Å². The van der Waals surface area contributed by atoms with E-state index in [1.807, 2.05) is 0 Å². The molecule has 0 amide bonds. The highest BCUT2D eigenvalue weighted by Gasteiger charge is 2.35. The number of hydrogen-bond donors (Lipinski definition) is 0. The third-order valence-electron chi connectivity index (χ3n) is 4.92. The van der Waals surface area contributed by atoms with Crippen molar-refractivity contribution in [3.8, 4) is 0 Å². The van der Waals surface area contributed by atoms with Crippen LogP contribution < -0.4 is 0 Å². The number of nitrogens with zero attached hydrogens (tertiary/aromatic N) is 3. The van der Waals surface area contributed by atoms with E-state index >= 15 is 0 Å². The molecule has 0 aromatic rings. The smallest absolute Gasteiger partial charge is 0.0165 e. The minimum absolute atomic E-state index is 0.296. The van der Waals surface area contributed by atoms with Crippen molar-refractivity contribution in [2.75, 3.05) is 47.3 Å². The minimum Gasteiger partial charge on any atom is -0.305 e. The van der Waals surface area contributed by atoms with Crippen LogP contribution >= 0.6 is 0 Å². The Hall–Kier alpha value is -0.120. The molecule has 0 atom stereocenters. The molecule has 0 aromatic heterocycles. The summed E-state index contributed by atoms with van der Waals surface area (Å²) in [5.74, 6) is 0. The lowest BCUT2D eigenvalue weighted by molar-refractivity contribution is 0.00900. The first-order valence-corrected chi connectivity index (χ1v) is 7.26. The number of likely N-dealkylation sites (tertiary alicyclic amines) is 1. The standard InChI is InChI=1S/C15H33N3/c1-14(2,16(5)6)8-10-17(7)12-13-18-11-9-15(18,3)4/h8-13H2,1-7H3. The second-order valence-corrected chi connectivity index (χ2v) is 7.31. The van der Waals surface area contributed by atoms with E-state index in [4.69, 9.17) is 0 Å². The van der Waals surface area contributed by atoms with E-state index in [1.165, 1.54) is 39.0 Å². The van der Waals surface area contributed by atoms with Crippen LogP contribution in [0.15, 0.2) is 0 Å². The zero-order valence-electron chi connectivity index (χ0n) is 13.6. The summed E-state index contributed by atoms with van der Waals surface area (Å²) in [5, 5.41) is 0. The van der Waals surface area contributed by atoms with Crippen LogP contribution in [0, 0.1) is 0 Å². The van der Waals surface area contributed by atoms with E-state index in [0.717, 1.165) is 0 Å². The Morgan fingerprint density at radius 1 is 1.11 bits per heavy atom. The lowest BCUT2D eigenvalue weighted by atomic mass is 9.89. The Morgan fingerprint density at radius 3 is 2.11 bits per heavy atom. The molecule has 1 fully saturated rings. The summed E-state index contributed by atoms with van der Waals surface area (Å²) in [7, 11) is 6.59. The summed E-state index contributed by atoms with van der Waals surface area (Å²) in [5.41, 5.74) is 0.744. The first kappa shape index (κ1) is 15.9. The molecule has 0 unspecified atom stereocenters. The van der Waals surface area contributed by atoms with Gasteiger partial charge >= 0.3 is 0 Å². The first-order chi connectivity index (χ1) is 8.15. The van der Waals surface area contributed by atoms with E-state index < -0.39 is 0 Å². The van der Waals surface area contributed by atoms with Gasteiger partial charge in [-0.2, -0.15) is 0 Å². The molecule has 0 aliphatic carbocycles. The lowest BCUT2D eigenvalue weighted by Crippen LogP contribution is -2.57. The Labute approximate surface area is 114 Å². The van der Waals surface area contributed by atoms with Crippen LogP contribution in [0.3, 0.4) is 0 Å². The summed E-state index contributed by atoms with van der Waals surface area (Å²) in [4.78, 5) is 7.39. The van der Waals surface area contributed by atoms with Crippen LogP contribution in [0.2, 0.25) is 0 Å². The van der Waals surface area contributed by atoms with E-state index in [-0.39, 0.29) is 0 Å². The molecule has 0 aromatic carbocycles. The average Bonchev–Trinajstić information content (AvgIpc) is 2.25. The predicted molar refractivity (Wildman–Crippen MR) is 80.1 cm³/mol. The van der Waals surface area contributed by atoms with Crippen LogP contribution in [-0.2, 0) is 0 Å². The normalized spacial score (nSPS) is 20.5. The van der Waals surface area contributed by atoms with Crippen molar-refractivity contribution in [2.24, 2.45) is 0 Å². The van der Waals surface area contributed by atoms with Gasteiger partial charge in [-0.15, -0.1) is 0 Å². The molecule has 3 heteroatoms. The molecule has 1 aliphatic rings. The fourth-order valence-corrected chi connectivity index (χ4v) is 2.22. The quantitative estimate of drug-likeness (QED) is 0.690. The SMILES string of the molecule is CN(CCN1CCC1(C)C)CCC(C)(C)N(C)C. The third-order valence-corrected chi connectivity index (χ3v) is 4.92. The van der Waals surface area contributed by atoms with Gasteiger partial charge in [-0.3, -0.25) is 4.90 Å². The molecule has 108 valence electrons. The van der Waals surface area contributed by atoms with Gasteiger partial charge in [-0.05, 0) is 68.2 Å². The van der Waals surface area contributed by atoms with E-state index in [1.54, 1.807) is 0 Å². The Kier molecular flexibility index (Phi) is 5.22. The van der Waals surface area contributed by atoms with Gasteiger partial charge in [0.05, 0.1) is 0 Å². The van der Waals surface area contributed by atoms with Crippen molar-refractivity contribution < 1.29 is 0 Å². The molecule has 1 aliphatic heterocycles. The highest BCUT2D eigenvalue weighted by molar-refractivity contribution is 4.91. The molecule has 3 nitrogen and oxygen atoms in total. The van der Waals surface area contributed by atoms with Crippen LogP contribution in [0.5, 0.6) is 0 Å². The van der Waals surface area contributed by atoms with Crippen LogP contribution in [0.25, 0.3) is 0 Å². The van der Waals surface area contributed by atoms with Crippen LogP contribution in [0.4, 0.5) is 0 Å². The van der Waals surface area contributed by atoms with Crippen LogP contribution in [-0.4, -0.2) is 73.1 Å². The van der Waals surface area contributed by atoms with Crippen molar-refractivity contribution >= 4 is 0 Å². The fraction of sp³-hybridized carbons (Fsp3) is 1.00. The number of hydrogen-bond acceptors (Lipinski definition) is 3. The Morgan fingerprint density at radius 2 is 1.72 bits per heavy atom. The van der Waals surface area contributed by atoms with Gasteiger partial charge < -0.3 is 9.80 Å². The molecule has 18 heavy (non-hydrogen) atoms. The van der Waals surface area contributed by atoms with Gasteiger partial charge in [-0.1, -0.05) is 0 Å². The van der Waals surface area contributed by atoms with Gasteiger partial charge in [0.2, 0.25) is 0 Å².